The Balaban J connectivity index is 2.00. The number of urea groups is 1. The molecule has 0 aliphatic carbocycles. The Bertz CT molecular complexity index is 1190. The fraction of sp³-hybridized carbons (Fsp3) is 0.192. The van der Waals surface area contributed by atoms with Crippen molar-refractivity contribution in [1.82, 2.24) is 10.6 Å². The Kier molecular flexibility index (Phi) is 7.85. The number of amides is 3. The average Bonchev–Trinajstić information content (AvgIpc) is 2.81. The van der Waals surface area contributed by atoms with Crippen molar-refractivity contribution in [1.29, 1.82) is 0 Å². The maximum Gasteiger partial charge on any atom is 0.321 e. The first-order valence-corrected chi connectivity index (χ1v) is 10.9. The molecule has 3 aromatic rings. The van der Waals surface area contributed by atoms with Gasteiger partial charge in [0.15, 0.2) is 0 Å². The zero-order valence-electron chi connectivity index (χ0n) is 19.1. The second kappa shape index (κ2) is 10.8. The van der Waals surface area contributed by atoms with Crippen LogP contribution in [0.2, 0.25) is 5.02 Å². The number of anilines is 1. The van der Waals surface area contributed by atoms with Gasteiger partial charge in [-0.15, -0.1) is 0 Å². The normalized spacial score (nSPS) is 12.1. The average molecular weight is 463 g/mol. The van der Waals surface area contributed by atoms with E-state index in [2.05, 4.69) is 20.9 Å². The summed E-state index contributed by atoms with van der Waals surface area (Å²) in [4.78, 5) is 30.2. The number of hydrogen-bond donors (Lipinski definition) is 3. The summed E-state index contributed by atoms with van der Waals surface area (Å²) < 4.78 is 0. The highest BCUT2D eigenvalue weighted by Gasteiger charge is 2.22. The molecule has 0 saturated heterocycles. The first kappa shape index (κ1) is 24.0. The van der Waals surface area contributed by atoms with E-state index in [1.807, 2.05) is 75.4 Å². The van der Waals surface area contributed by atoms with Gasteiger partial charge >= 0.3 is 6.03 Å². The van der Waals surface area contributed by atoms with Gasteiger partial charge in [-0.1, -0.05) is 60.1 Å². The molecule has 3 aromatic carbocycles. The van der Waals surface area contributed by atoms with E-state index in [4.69, 9.17) is 11.6 Å². The van der Waals surface area contributed by atoms with Crippen LogP contribution in [0.1, 0.15) is 27.8 Å². The van der Waals surface area contributed by atoms with Crippen LogP contribution in [0.4, 0.5) is 10.5 Å². The molecule has 0 bridgehead atoms. The van der Waals surface area contributed by atoms with Gasteiger partial charge < -0.3 is 16.0 Å². The zero-order valence-corrected chi connectivity index (χ0v) is 19.8. The summed E-state index contributed by atoms with van der Waals surface area (Å²) >= 11 is 6.26. The minimum absolute atomic E-state index is 0.445. The molecule has 6 nitrogen and oxygen atoms in total. The number of likely N-dealkylation sites (N-methyl/N-ethyl adjacent to an activating group) is 1. The minimum atomic E-state index is -1.16. The first-order chi connectivity index (χ1) is 15.8. The summed E-state index contributed by atoms with van der Waals surface area (Å²) in [5.41, 5.74) is 5.74. The standard InChI is InChI=1S/C26H27ClN4O2/c1-16-9-8-12-22(18(16)3)29-26(33)31-24(25(32)28-4)30-23(19-10-6-5-7-11-19)21-15-20(27)14-13-17(21)2/h5-15,24H,1-4H3,(H,28,32)(H2,29,31,33)/b30-23-. The maximum absolute atomic E-state index is 12.8. The largest absolute Gasteiger partial charge is 0.356 e. The third kappa shape index (κ3) is 5.99. The summed E-state index contributed by atoms with van der Waals surface area (Å²) in [6.07, 6.45) is -1.16. The number of aryl methyl sites for hydroxylation is 2. The zero-order chi connectivity index (χ0) is 24.0. The van der Waals surface area contributed by atoms with E-state index in [1.54, 1.807) is 12.1 Å². The van der Waals surface area contributed by atoms with E-state index in [0.717, 1.165) is 27.8 Å². The minimum Gasteiger partial charge on any atom is -0.356 e. The lowest BCUT2D eigenvalue weighted by molar-refractivity contribution is -0.122. The molecule has 3 amide bonds. The van der Waals surface area contributed by atoms with Gasteiger partial charge in [-0.3, -0.25) is 4.79 Å². The molecule has 0 fully saturated rings. The van der Waals surface area contributed by atoms with Crippen LogP contribution in [0.3, 0.4) is 0 Å². The second-order valence-electron chi connectivity index (χ2n) is 7.67. The van der Waals surface area contributed by atoms with Crippen LogP contribution >= 0.6 is 11.6 Å². The molecule has 0 saturated carbocycles. The van der Waals surface area contributed by atoms with E-state index in [1.165, 1.54) is 7.05 Å². The molecule has 3 N–H and O–H groups in total. The van der Waals surface area contributed by atoms with Crippen LogP contribution in [-0.4, -0.2) is 30.9 Å². The molecule has 170 valence electrons. The van der Waals surface area contributed by atoms with Crippen molar-refractivity contribution in [2.24, 2.45) is 4.99 Å². The summed E-state index contributed by atoms with van der Waals surface area (Å²) in [6.45, 7) is 5.84. The lowest BCUT2D eigenvalue weighted by Crippen LogP contribution is -2.46. The van der Waals surface area contributed by atoms with Crippen LogP contribution in [0.25, 0.3) is 0 Å². The molecule has 7 heteroatoms. The summed E-state index contributed by atoms with van der Waals surface area (Å²) in [5.74, 6) is -0.445. The van der Waals surface area contributed by atoms with Crippen molar-refractivity contribution in [3.63, 3.8) is 0 Å². The number of rotatable bonds is 6. The van der Waals surface area contributed by atoms with E-state index < -0.39 is 18.1 Å². The fourth-order valence-electron chi connectivity index (χ4n) is 3.34. The Morgan fingerprint density at radius 2 is 1.64 bits per heavy atom. The Morgan fingerprint density at radius 1 is 0.909 bits per heavy atom. The number of nitrogens with one attached hydrogen (secondary N) is 3. The van der Waals surface area contributed by atoms with Crippen molar-refractivity contribution in [3.8, 4) is 0 Å². The van der Waals surface area contributed by atoms with Crippen molar-refractivity contribution in [2.75, 3.05) is 12.4 Å². The van der Waals surface area contributed by atoms with Gasteiger partial charge in [0.2, 0.25) is 6.17 Å². The van der Waals surface area contributed by atoms with Crippen molar-refractivity contribution in [3.05, 3.63) is 99.6 Å². The van der Waals surface area contributed by atoms with Gasteiger partial charge in [0, 0.05) is 28.9 Å². The smallest absolute Gasteiger partial charge is 0.321 e. The topological polar surface area (TPSA) is 82.6 Å². The van der Waals surface area contributed by atoms with Gasteiger partial charge in [0.1, 0.15) is 0 Å². The number of aliphatic imine (C=N–C) groups is 1. The summed E-state index contributed by atoms with van der Waals surface area (Å²) in [6, 6.07) is 20.1. The molecule has 1 unspecified atom stereocenters. The fourth-order valence-corrected chi connectivity index (χ4v) is 3.51. The third-order valence-electron chi connectivity index (χ3n) is 5.38. The van der Waals surface area contributed by atoms with E-state index >= 15 is 0 Å². The second-order valence-corrected chi connectivity index (χ2v) is 8.10. The monoisotopic (exact) mass is 462 g/mol. The Labute approximate surface area is 199 Å². The number of hydrogen-bond acceptors (Lipinski definition) is 3. The predicted octanol–water partition coefficient (Wildman–Crippen LogP) is 5.00. The SMILES string of the molecule is CNC(=O)C(/N=C(/c1ccccc1)c1cc(Cl)ccc1C)NC(=O)Nc1cccc(C)c1C. The summed E-state index contributed by atoms with van der Waals surface area (Å²) in [5, 5.41) is 8.62. The van der Waals surface area contributed by atoms with E-state index in [9.17, 15) is 9.59 Å². The van der Waals surface area contributed by atoms with Gasteiger partial charge in [-0.25, -0.2) is 9.79 Å². The van der Waals surface area contributed by atoms with Crippen LogP contribution in [0.15, 0.2) is 71.7 Å². The van der Waals surface area contributed by atoms with Gasteiger partial charge in [0.25, 0.3) is 5.91 Å². The Hall–Kier alpha value is -3.64. The van der Waals surface area contributed by atoms with Crippen LogP contribution in [0, 0.1) is 20.8 Å². The van der Waals surface area contributed by atoms with E-state index in [0.29, 0.717) is 16.4 Å². The van der Waals surface area contributed by atoms with Gasteiger partial charge in [-0.05, 0) is 55.7 Å². The maximum atomic E-state index is 12.8. The van der Waals surface area contributed by atoms with Crippen LogP contribution in [0.5, 0.6) is 0 Å². The highest BCUT2D eigenvalue weighted by atomic mass is 35.5. The highest BCUT2D eigenvalue weighted by molar-refractivity contribution is 6.31. The number of halogens is 1. The molecule has 0 aliphatic heterocycles. The molecule has 0 aromatic heterocycles. The van der Waals surface area contributed by atoms with Crippen molar-refractivity contribution >= 4 is 34.9 Å². The van der Waals surface area contributed by atoms with Gasteiger partial charge in [0.05, 0.1) is 5.71 Å². The molecule has 3 rings (SSSR count). The lowest BCUT2D eigenvalue weighted by atomic mass is 9.98. The Morgan fingerprint density at radius 3 is 2.33 bits per heavy atom. The van der Waals surface area contributed by atoms with Crippen molar-refractivity contribution < 1.29 is 9.59 Å². The summed E-state index contributed by atoms with van der Waals surface area (Å²) in [7, 11) is 1.50. The molecule has 0 aliphatic rings. The number of carbonyl (C=O) groups excluding carboxylic acids is 2. The first-order valence-electron chi connectivity index (χ1n) is 10.5. The number of nitrogens with zero attached hydrogens (tertiary/aromatic N) is 1. The molecular weight excluding hydrogens is 436 g/mol. The van der Waals surface area contributed by atoms with E-state index in [-0.39, 0.29) is 0 Å². The molecule has 1 atom stereocenters. The molecule has 0 heterocycles. The molecule has 33 heavy (non-hydrogen) atoms. The third-order valence-corrected chi connectivity index (χ3v) is 5.61. The van der Waals surface area contributed by atoms with Gasteiger partial charge in [-0.2, -0.15) is 0 Å². The number of benzene rings is 3. The predicted molar refractivity (Wildman–Crippen MR) is 134 cm³/mol. The van der Waals surface area contributed by atoms with Crippen molar-refractivity contribution in [2.45, 2.75) is 26.9 Å². The molecule has 0 spiro atoms. The quantitative estimate of drug-likeness (QED) is 0.450. The van der Waals surface area contributed by atoms with Crippen LogP contribution < -0.4 is 16.0 Å². The molecule has 0 radical (unpaired) electrons. The number of carbonyl (C=O) groups is 2. The van der Waals surface area contributed by atoms with Crippen LogP contribution in [-0.2, 0) is 4.79 Å². The lowest BCUT2D eigenvalue weighted by Gasteiger charge is -2.18. The molecular formula is C26H27ClN4O2. The highest BCUT2D eigenvalue weighted by Crippen LogP contribution is 2.21.